The largest absolute Gasteiger partial charge is 0.462 e. The van der Waals surface area contributed by atoms with E-state index in [0.29, 0.717) is 24.8 Å². The van der Waals surface area contributed by atoms with Gasteiger partial charge in [0.25, 0.3) is 0 Å². The Morgan fingerprint density at radius 3 is 2.00 bits per heavy atom. The molecule has 0 amide bonds. The van der Waals surface area contributed by atoms with E-state index >= 15 is 0 Å². The minimum absolute atomic E-state index is 0.0410. The van der Waals surface area contributed by atoms with E-state index in [1.807, 2.05) is 0 Å². The standard InChI is InChI=1S/C26H36O7/c1-13-17-8-9-18-25(7)11-10-20(31-14(2)27)24(5,6)19(25)12-21(32-15(3)28)26(18,22(13)30)23(17)33-16(4)29/h17-21,23H,1,8-12H2,2-7H3. The first-order valence-electron chi connectivity index (χ1n) is 12.0. The summed E-state index contributed by atoms with van der Waals surface area (Å²) in [5.74, 6) is -1.68. The fourth-order valence-corrected chi connectivity index (χ4v) is 8.36. The van der Waals surface area contributed by atoms with Gasteiger partial charge < -0.3 is 14.2 Å². The molecule has 4 rings (SSSR count). The molecule has 4 fully saturated rings. The molecule has 7 heteroatoms. The highest BCUT2D eigenvalue weighted by Crippen LogP contribution is 2.72. The van der Waals surface area contributed by atoms with E-state index < -0.39 is 29.6 Å². The lowest BCUT2D eigenvalue weighted by Crippen LogP contribution is -2.69. The maximum absolute atomic E-state index is 14.0. The number of rotatable bonds is 3. The van der Waals surface area contributed by atoms with Crippen LogP contribution in [0.5, 0.6) is 0 Å². The Kier molecular flexibility index (Phi) is 5.57. The van der Waals surface area contributed by atoms with Gasteiger partial charge in [-0.2, -0.15) is 0 Å². The molecule has 33 heavy (non-hydrogen) atoms. The molecule has 8 atom stereocenters. The monoisotopic (exact) mass is 460 g/mol. The van der Waals surface area contributed by atoms with E-state index in [0.717, 1.165) is 12.8 Å². The summed E-state index contributed by atoms with van der Waals surface area (Å²) in [5.41, 5.74) is -1.30. The van der Waals surface area contributed by atoms with Gasteiger partial charge in [0, 0.05) is 32.1 Å². The van der Waals surface area contributed by atoms with Gasteiger partial charge in [-0.15, -0.1) is 0 Å². The van der Waals surface area contributed by atoms with Crippen LogP contribution in [0, 0.1) is 34.0 Å². The van der Waals surface area contributed by atoms with Gasteiger partial charge in [0.2, 0.25) is 0 Å². The molecule has 7 nitrogen and oxygen atoms in total. The molecule has 182 valence electrons. The van der Waals surface area contributed by atoms with Gasteiger partial charge in [0.15, 0.2) is 5.78 Å². The summed E-state index contributed by atoms with van der Waals surface area (Å²) in [7, 11) is 0. The van der Waals surface area contributed by atoms with Crippen molar-refractivity contribution in [2.24, 2.45) is 34.0 Å². The van der Waals surface area contributed by atoms with Crippen LogP contribution in [0.2, 0.25) is 0 Å². The number of fused-ring (bicyclic) bond motifs is 3. The summed E-state index contributed by atoms with van der Waals surface area (Å²) >= 11 is 0. The molecule has 0 aromatic rings. The molecular weight excluding hydrogens is 424 g/mol. The lowest BCUT2D eigenvalue weighted by Gasteiger charge is -2.66. The first kappa shape index (κ1) is 24.0. The van der Waals surface area contributed by atoms with Crippen LogP contribution >= 0.6 is 0 Å². The van der Waals surface area contributed by atoms with Gasteiger partial charge in [-0.1, -0.05) is 27.4 Å². The highest BCUT2D eigenvalue weighted by Gasteiger charge is 2.76. The van der Waals surface area contributed by atoms with Crippen LogP contribution < -0.4 is 0 Å². The summed E-state index contributed by atoms with van der Waals surface area (Å²) in [4.78, 5) is 50.2. The fraction of sp³-hybridized carbons (Fsp3) is 0.769. The molecule has 4 aliphatic carbocycles. The van der Waals surface area contributed by atoms with Crippen molar-refractivity contribution in [2.75, 3.05) is 0 Å². The SMILES string of the molecule is C=C1C(=O)C23C(OC(C)=O)CC4C(C)(C)C(OC(C)=O)CCC4(C)C2CCC1C3OC(C)=O. The van der Waals surface area contributed by atoms with E-state index in [1.54, 1.807) is 0 Å². The highest BCUT2D eigenvalue weighted by molar-refractivity contribution is 6.05. The predicted octanol–water partition coefficient (Wildman–Crippen LogP) is 3.78. The van der Waals surface area contributed by atoms with Gasteiger partial charge in [-0.3, -0.25) is 19.2 Å². The van der Waals surface area contributed by atoms with Gasteiger partial charge in [-0.05, 0) is 54.9 Å². The number of carbonyl (C=O) groups is 4. The second kappa shape index (κ2) is 7.67. The number of ether oxygens (including phenoxy) is 3. The van der Waals surface area contributed by atoms with E-state index in [2.05, 4.69) is 27.4 Å². The van der Waals surface area contributed by atoms with Crippen molar-refractivity contribution in [1.29, 1.82) is 0 Å². The van der Waals surface area contributed by atoms with Gasteiger partial charge in [0.05, 0.1) is 0 Å². The number of ketones is 1. The molecule has 1 spiro atoms. The summed E-state index contributed by atoms with van der Waals surface area (Å²) in [6.07, 6.45) is 1.73. The lowest BCUT2D eigenvalue weighted by molar-refractivity contribution is -0.250. The normalized spacial score (nSPS) is 43.2. The second-order valence-electron chi connectivity index (χ2n) is 11.4. The molecule has 0 saturated heterocycles. The second-order valence-corrected chi connectivity index (χ2v) is 11.4. The van der Waals surface area contributed by atoms with Crippen LogP contribution in [0.4, 0.5) is 0 Å². The third-order valence-electron chi connectivity index (χ3n) is 9.47. The molecule has 0 aromatic heterocycles. The Hall–Kier alpha value is -2.18. The van der Waals surface area contributed by atoms with Gasteiger partial charge in [0.1, 0.15) is 23.7 Å². The van der Waals surface area contributed by atoms with Crippen LogP contribution in [0.15, 0.2) is 12.2 Å². The Labute approximate surface area is 195 Å². The molecule has 2 bridgehead atoms. The lowest BCUT2D eigenvalue weighted by atomic mass is 9.39. The van der Waals surface area contributed by atoms with Crippen molar-refractivity contribution in [3.8, 4) is 0 Å². The Morgan fingerprint density at radius 2 is 1.42 bits per heavy atom. The summed E-state index contributed by atoms with van der Waals surface area (Å²) in [6.45, 7) is 14.7. The Balaban J connectivity index is 1.87. The van der Waals surface area contributed by atoms with Gasteiger partial charge >= 0.3 is 17.9 Å². The number of hydrogen-bond donors (Lipinski definition) is 0. The minimum atomic E-state index is -1.12. The number of esters is 3. The van der Waals surface area contributed by atoms with Crippen LogP contribution in [0.3, 0.4) is 0 Å². The topological polar surface area (TPSA) is 96.0 Å². The minimum Gasteiger partial charge on any atom is -0.462 e. The van der Waals surface area contributed by atoms with Crippen LogP contribution in [0.25, 0.3) is 0 Å². The van der Waals surface area contributed by atoms with E-state index in [4.69, 9.17) is 14.2 Å². The average molecular weight is 461 g/mol. The molecule has 8 unspecified atom stereocenters. The number of carbonyl (C=O) groups excluding carboxylic acids is 4. The molecule has 0 radical (unpaired) electrons. The summed E-state index contributed by atoms with van der Waals surface area (Å²) in [6, 6.07) is 0. The third kappa shape index (κ3) is 3.21. The molecular formula is C26H36O7. The van der Waals surface area contributed by atoms with E-state index in [9.17, 15) is 19.2 Å². The van der Waals surface area contributed by atoms with Crippen LogP contribution in [-0.4, -0.2) is 42.0 Å². The zero-order valence-electron chi connectivity index (χ0n) is 20.6. The van der Waals surface area contributed by atoms with Crippen molar-refractivity contribution >= 4 is 23.7 Å². The van der Waals surface area contributed by atoms with Gasteiger partial charge in [-0.25, -0.2) is 0 Å². The zero-order chi connectivity index (χ0) is 24.5. The van der Waals surface area contributed by atoms with Crippen LogP contribution in [-0.2, 0) is 33.4 Å². The van der Waals surface area contributed by atoms with Crippen molar-refractivity contribution in [3.63, 3.8) is 0 Å². The van der Waals surface area contributed by atoms with E-state index in [-0.39, 0.29) is 46.4 Å². The molecule has 4 saturated carbocycles. The molecule has 0 heterocycles. The predicted molar refractivity (Wildman–Crippen MR) is 119 cm³/mol. The molecule has 4 aliphatic rings. The number of Topliss-reactive ketones (excluding diaryl/α,β-unsaturated/α-hetero) is 1. The molecule has 0 N–H and O–H groups in total. The highest BCUT2D eigenvalue weighted by atomic mass is 16.6. The molecule has 0 aliphatic heterocycles. The maximum atomic E-state index is 14.0. The quantitative estimate of drug-likeness (QED) is 0.359. The summed E-state index contributed by atoms with van der Waals surface area (Å²) < 4.78 is 17.5. The summed E-state index contributed by atoms with van der Waals surface area (Å²) in [5, 5.41) is 0. The van der Waals surface area contributed by atoms with Crippen molar-refractivity contribution in [3.05, 3.63) is 12.2 Å². The number of hydrogen-bond acceptors (Lipinski definition) is 7. The Bertz CT molecular complexity index is 920. The first-order valence-corrected chi connectivity index (χ1v) is 12.0. The zero-order valence-corrected chi connectivity index (χ0v) is 20.6. The fourth-order valence-electron chi connectivity index (χ4n) is 8.36. The van der Waals surface area contributed by atoms with Crippen LogP contribution in [0.1, 0.15) is 73.6 Å². The van der Waals surface area contributed by atoms with Crippen molar-refractivity contribution in [1.82, 2.24) is 0 Å². The molecule has 0 aromatic carbocycles. The van der Waals surface area contributed by atoms with Crippen molar-refractivity contribution < 1.29 is 33.4 Å². The van der Waals surface area contributed by atoms with E-state index in [1.165, 1.54) is 20.8 Å². The van der Waals surface area contributed by atoms with Crippen molar-refractivity contribution in [2.45, 2.75) is 92.0 Å². The maximum Gasteiger partial charge on any atom is 0.302 e. The third-order valence-corrected chi connectivity index (χ3v) is 9.47. The first-order chi connectivity index (χ1) is 15.3. The smallest absolute Gasteiger partial charge is 0.302 e. The Morgan fingerprint density at radius 1 is 0.848 bits per heavy atom. The average Bonchev–Trinajstić information content (AvgIpc) is 2.80.